The molecule has 1 aliphatic heterocycles. The number of halogens is 1. The first kappa shape index (κ1) is 29.2. The summed E-state index contributed by atoms with van der Waals surface area (Å²) in [5.41, 5.74) is 2.59. The molecule has 1 aliphatic rings. The van der Waals surface area contributed by atoms with Crippen molar-refractivity contribution in [2.24, 2.45) is 4.99 Å². The lowest BCUT2D eigenvalue weighted by Gasteiger charge is -2.25. The number of nitrogens with zero attached hydrogens (tertiary/aromatic N) is 2. The smallest absolute Gasteiger partial charge is 0.338 e. The minimum absolute atomic E-state index is 0.177. The number of aromatic nitrogens is 1. The second-order valence-corrected chi connectivity index (χ2v) is 11.1. The molecule has 0 spiro atoms. The highest BCUT2D eigenvalue weighted by molar-refractivity contribution is 9.10. The van der Waals surface area contributed by atoms with Crippen LogP contribution in [0.2, 0.25) is 0 Å². The zero-order chi connectivity index (χ0) is 29.8. The topological polar surface area (TPSA) is 96.2 Å². The Balaban J connectivity index is 1.76. The van der Waals surface area contributed by atoms with Gasteiger partial charge in [0.2, 0.25) is 0 Å². The van der Waals surface area contributed by atoms with Crippen LogP contribution in [0.4, 0.5) is 0 Å². The summed E-state index contributed by atoms with van der Waals surface area (Å²) in [7, 11) is 0. The number of hydrogen-bond acceptors (Lipinski definition) is 8. The summed E-state index contributed by atoms with van der Waals surface area (Å²) in [6.07, 6.45) is 1.73. The first-order chi connectivity index (χ1) is 20.3. The van der Waals surface area contributed by atoms with Crippen molar-refractivity contribution in [3.63, 3.8) is 0 Å². The molecule has 0 radical (unpaired) electrons. The van der Waals surface area contributed by atoms with Gasteiger partial charge in [-0.1, -0.05) is 72.0 Å². The van der Waals surface area contributed by atoms with Crippen molar-refractivity contribution in [1.82, 2.24) is 4.57 Å². The van der Waals surface area contributed by atoms with Crippen LogP contribution in [0.25, 0.3) is 11.8 Å². The molecule has 1 atom stereocenters. The molecule has 0 saturated heterocycles. The third kappa shape index (κ3) is 5.86. The maximum absolute atomic E-state index is 14.1. The van der Waals surface area contributed by atoms with Crippen molar-refractivity contribution in [3.8, 4) is 11.5 Å². The van der Waals surface area contributed by atoms with E-state index < -0.39 is 18.0 Å². The molecule has 5 rings (SSSR count). The summed E-state index contributed by atoms with van der Waals surface area (Å²) in [4.78, 5) is 44.6. The molecule has 0 aliphatic carbocycles. The summed E-state index contributed by atoms with van der Waals surface area (Å²) in [6.45, 7) is 5.41. The SMILES string of the molecule is CCOC(=O)C1=C(c2ccccc2)N=c2s/c(=C\c3cc(Br)c(OC(C)=O)c(OCC)c3)c(=O)n2[C@H]1c1ccccc1. The number of benzene rings is 3. The van der Waals surface area contributed by atoms with Gasteiger partial charge in [-0.25, -0.2) is 9.79 Å². The number of fused-ring (bicyclic) bond motifs is 1. The fraction of sp³-hybridized carbons (Fsp3) is 0.188. The molecule has 0 saturated carbocycles. The Hall–Kier alpha value is -4.28. The van der Waals surface area contributed by atoms with E-state index >= 15 is 0 Å². The molecule has 10 heteroatoms. The van der Waals surface area contributed by atoms with Crippen LogP contribution in [-0.4, -0.2) is 29.7 Å². The van der Waals surface area contributed by atoms with Gasteiger partial charge in [-0.15, -0.1) is 0 Å². The standard InChI is InChI=1S/C32H27BrN2O6S/c1-4-39-24-17-20(16-23(33)29(24)41-19(3)36)18-25-30(37)35-28(22-14-10-7-11-15-22)26(31(38)40-5-2)27(34-32(35)42-25)21-12-8-6-9-13-21/h6-18,28H,4-5H2,1-3H3/b25-18-/t28-/m0/s1. The minimum Gasteiger partial charge on any atom is -0.490 e. The van der Waals surface area contributed by atoms with E-state index in [0.29, 0.717) is 43.0 Å². The van der Waals surface area contributed by atoms with E-state index in [9.17, 15) is 14.4 Å². The van der Waals surface area contributed by atoms with Gasteiger partial charge in [-0.3, -0.25) is 14.2 Å². The quantitative estimate of drug-likeness (QED) is 0.197. The maximum Gasteiger partial charge on any atom is 0.338 e. The molecule has 42 heavy (non-hydrogen) atoms. The summed E-state index contributed by atoms with van der Waals surface area (Å²) < 4.78 is 19.0. The van der Waals surface area contributed by atoms with E-state index in [1.807, 2.05) is 67.6 Å². The zero-order valence-corrected chi connectivity index (χ0v) is 25.5. The minimum atomic E-state index is -0.754. The van der Waals surface area contributed by atoms with E-state index in [1.165, 1.54) is 18.3 Å². The molecule has 3 aromatic carbocycles. The molecule has 0 unspecified atom stereocenters. The van der Waals surface area contributed by atoms with Gasteiger partial charge < -0.3 is 14.2 Å². The lowest BCUT2D eigenvalue weighted by molar-refractivity contribution is -0.139. The van der Waals surface area contributed by atoms with Crippen LogP contribution in [0, 0.1) is 0 Å². The summed E-state index contributed by atoms with van der Waals surface area (Å²) in [6, 6.07) is 21.5. The molecule has 2 heterocycles. The molecule has 0 bridgehead atoms. The van der Waals surface area contributed by atoms with Crippen LogP contribution in [0.3, 0.4) is 0 Å². The number of esters is 2. The molecule has 4 aromatic rings. The van der Waals surface area contributed by atoms with Crippen LogP contribution in [-0.2, 0) is 14.3 Å². The highest BCUT2D eigenvalue weighted by Gasteiger charge is 2.35. The Morgan fingerprint density at radius 3 is 2.36 bits per heavy atom. The molecular weight excluding hydrogens is 620 g/mol. The van der Waals surface area contributed by atoms with Crippen molar-refractivity contribution in [1.29, 1.82) is 0 Å². The Morgan fingerprint density at radius 1 is 1.02 bits per heavy atom. The van der Waals surface area contributed by atoms with Crippen molar-refractivity contribution >= 4 is 51.0 Å². The summed E-state index contributed by atoms with van der Waals surface area (Å²) >= 11 is 4.69. The van der Waals surface area contributed by atoms with Crippen LogP contribution in [0.5, 0.6) is 11.5 Å². The zero-order valence-electron chi connectivity index (χ0n) is 23.1. The van der Waals surface area contributed by atoms with Crippen LogP contribution >= 0.6 is 27.3 Å². The fourth-order valence-corrected chi connectivity index (χ4v) is 6.26. The van der Waals surface area contributed by atoms with Crippen molar-refractivity contribution < 1.29 is 23.8 Å². The third-order valence-corrected chi connectivity index (χ3v) is 7.94. The summed E-state index contributed by atoms with van der Waals surface area (Å²) in [5.74, 6) is -0.391. The first-order valence-electron chi connectivity index (χ1n) is 13.3. The average molecular weight is 648 g/mol. The van der Waals surface area contributed by atoms with E-state index in [-0.39, 0.29) is 17.9 Å². The Morgan fingerprint density at radius 2 is 1.71 bits per heavy atom. The number of rotatable bonds is 8. The molecule has 214 valence electrons. The van der Waals surface area contributed by atoms with Gasteiger partial charge in [0.1, 0.15) is 0 Å². The third-order valence-electron chi connectivity index (χ3n) is 6.36. The average Bonchev–Trinajstić information content (AvgIpc) is 3.29. The van der Waals surface area contributed by atoms with Crippen LogP contribution in [0.15, 0.2) is 92.6 Å². The Labute approximate surface area is 254 Å². The molecule has 0 N–H and O–H groups in total. The lowest BCUT2D eigenvalue weighted by Crippen LogP contribution is -2.39. The van der Waals surface area contributed by atoms with Crippen LogP contribution in [0.1, 0.15) is 43.5 Å². The van der Waals surface area contributed by atoms with Gasteiger partial charge in [0.15, 0.2) is 16.3 Å². The Kier molecular flexibility index (Phi) is 8.84. The van der Waals surface area contributed by atoms with E-state index in [1.54, 1.807) is 29.7 Å². The van der Waals surface area contributed by atoms with Gasteiger partial charge in [0.25, 0.3) is 5.56 Å². The number of carbonyl (C=O) groups is 2. The van der Waals surface area contributed by atoms with Gasteiger partial charge in [-0.2, -0.15) is 0 Å². The second-order valence-electron chi connectivity index (χ2n) is 9.20. The van der Waals surface area contributed by atoms with E-state index in [4.69, 9.17) is 19.2 Å². The van der Waals surface area contributed by atoms with Gasteiger partial charge in [0.05, 0.1) is 39.5 Å². The Bertz CT molecular complexity index is 1860. The predicted octanol–water partition coefficient (Wildman–Crippen LogP) is 5.02. The van der Waals surface area contributed by atoms with Crippen molar-refractivity contribution in [2.75, 3.05) is 13.2 Å². The van der Waals surface area contributed by atoms with E-state index in [2.05, 4.69) is 15.9 Å². The van der Waals surface area contributed by atoms with Crippen LogP contribution < -0.4 is 24.4 Å². The molecule has 1 aromatic heterocycles. The highest BCUT2D eigenvalue weighted by Crippen LogP contribution is 2.38. The second kappa shape index (κ2) is 12.7. The number of carbonyl (C=O) groups excluding carboxylic acids is 2. The molecule has 0 fully saturated rings. The lowest BCUT2D eigenvalue weighted by atomic mass is 9.93. The number of ether oxygens (including phenoxy) is 3. The maximum atomic E-state index is 14.1. The van der Waals surface area contributed by atoms with Crippen molar-refractivity contribution in [3.05, 3.63) is 119 Å². The van der Waals surface area contributed by atoms with Gasteiger partial charge in [-0.05, 0) is 59.1 Å². The van der Waals surface area contributed by atoms with Crippen molar-refractivity contribution in [2.45, 2.75) is 26.8 Å². The van der Waals surface area contributed by atoms with E-state index in [0.717, 1.165) is 11.1 Å². The summed E-state index contributed by atoms with van der Waals surface area (Å²) in [5, 5.41) is 0. The number of hydrogen-bond donors (Lipinski definition) is 0. The molecule has 8 nitrogen and oxygen atoms in total. The predicted molar refractivity (Wildman–Crippen MR) is 164 cm³/mol. The fourth-order valence-electron chi connectivity index (χ4n) is 4.72. The monoisotopic (exact) mass is 646 g/mol. The van der Waals surface area contributed by atoms with Gasteiger partial charge >= 0.3 is 11.9 Å². The highest BCUT2D eigenvalue weighted by atomic mass is 79.9. The molecular formula is C32H27BrN2O6S. The molecule has 0 amide bonds. The normalized spacial score (nSPS) is 14.7. The number of thiazole rings is 1. The first-order valence-corrected chi connectivity index (χ1v) is 14.9. The largest absolute Gasteiger partial charge is 0.490 e. The van der Waals surface area contributed by atoms with Gasteiger partial charge in [0, 0.05) is 12.5 Å².